The molecule has 0 bridgehead atoms. The molecule has 1 unspecified atom stereocenters. The molecule has 0 aliphatic rings. The number of carbonyl (C=O) groups excluding carboxylic acids is 1. The average Bonchev–Trinajstić information content (AvgIpc) is 2.91. The Labute approximate surface area is 240 Å². The first-order valence-electron chi connectivity index (χ1n) is 12.9. The van der Waals surface area contributed by atoms with E-state index in [1.807, 2.05) is 0 Å². The predicted molar refractivity (Wildman–Crippen MR) is 135 cm³/mol. The molecule has 2 aromatic rings. The Balaban J connectivity index is 2.03. The van der Waals surface area contributed by atoms with Gasteiger partial charge in [-0.15, -0.1) is 0 Å². The summed E-state index contributed by atoms with van der Waals surface area (Å²) in [5.41, 5.74) is 0.446. The molecule has 0 heterocycles. The molecule has 1 atom stereocenters. The molecule has 240 valence electrons. The smallest absolute Gasteiger partial charge is 0.459 e. The minimum absolute atomic E-state index is 0.0787. The molecular formula is C27H29F9N2O5. The quantitative estimate of drug-likeness (QED) is 0.155. The molecule has 2 rings (SSSR count). The Hall–Kier alpha value is -3.69. The normalized spacial score (nSPS) is 13.0. The van der Waals surface area contributed by atoms with E-state index in [0.717, 1.165) is 17.0 Å². The lowest BCUT2D eigenvalue weighted by Crippen LogP contribution is -2.51. The van der Waals surface area contributed by atoms with Crippen LogP contribution in [0.5, 0.6) is 5.75 Å². The standard InChI is InChI=1S/C27H29F9N2O5/c1-2-42-22(23(39)40)15-17-5-8-19(9-6-17)43-14-13-38(24(41)37-18-7-10-20(28)21(29)16-18)12-4-3-11-25(30,31)26(32,33)27(34,35)36/h5-10,16,22H,2-4,11-15H2,1H3,(H,37,41)(H,39,40). The summed E-state index contributed by atoms with van der Waals surface area (Å²) >= 11 is 0. The van der Waals surface area contributed by atoms with E-state index in [0.29, 0.717) is 17.4 Å². The molecule has 7 nitrogen and oxygen atoms in total. The fourth-order valence-electron chi connectivity index (χ4n) is 3.73. The van der Waals surface area contributed by atoms with Gasteiger partial charge in [0, 0.05) is 37.7 Å². The number of hydrogen-bond acceptors (Lipinski definition) is 4. The second-order valence-corrected chi connectivity index (χ2v) is 9.26. The number of carboxylic acid groups (broad SMARTS) is 1. The summed E-state index contributed by atoms with van der Waals surface area (Å²) in [6.07, 6.45) is -10.5. The number of benzene rings is 2. The Kier molecular flexibility index (Phi) is 12.5. The van der Waals surface area contributed by atoms with Crippen LogP contribution in [-0.4, -0.2) is 72.4 Å². The lowest BCUT2D eigenvalue weighted by atomic mass is 10.0. The van der Waals surface area contributed by atoms with Crippen molar-refractivity contribution in [3.63, 3.8) is 0 Å². The van der Waals surface area contributed by atoms with Crippen LogP contribution < -0.4 is 10.1 Å². The van der Waals surface area contributed by atoms with Gasteiger partial charge in [0.2, 0.25) is 0 Å². The molecule has 43 heavy (non-hydrogen) atoms. The number of nitrogens with zero attached hydrogens (tertiary/aromatic N) is 1. The lowest BCUT2D eigenvalue weighted by Gasteiger charge is -2.28. The fourth-order valence-corrected chi connectivity index (χ4v) is 3.73. The largest absolute Gasteiger partial charge is 0.492 e. The van der Waals surface area contributed by atoms with Gasteiger partial charge in [-0.1, -0.05) is 12.1 Å². The van der Waals surface area contributed by atoms with Crippen molar-refractivity contribution in [1.29, 1.82) is 0 Å². The molecule has 2 N–H and O–H groups in total. The van der Waals surface area contributed by atoms with Gasteiger partial charge in [-0.25, -0.2) is 18.4 Å². The first-order valence-corrected chi connectivity index (χ1v) is 12.9. The summed E-state index contributed by atoms with van der Waals surface area (Å²) in [6, 6.07) is 7.68. The van der Waals surface area contributed by atoms with E-state index in [1.165, 1.54) is 12.1 Å². The first-order chi connectivity index (χ1) is 20.0. The monoisotopic (exact) mass is 632 g/mol. The van der Waals surface area contributed by atoms with Crippen molar-refractivity contribution in [2.24, 2.45) is 0 Å². The lowest BCUT2D eigenvalue weighted by molar-refractivity contribution is -0.355. The molecule has 0 aliphatic heterocycles. The molecule has 0 saturated carbocycles. The molecule has 0 aromatic heterocycles. The Morgan fingerprint density at radius 3 is 2.14 bits per heavy atom. The molecule has 0 saturated heterocycles. The maximum atomic E-state index is 13.6. The average molecular weight is 633 g/mol. The summed E-state index contributed by atoms with van der Waals surface area (Å²) in [6.45, 7) is 1.01. The minimum atomic E-state index is -6.45. The summed E-state index contributed by atoms with van der Waals surface area (Å²) in [7, 11) is 0. The number of carbonyl (C=O) groups is 2. The number of rotatable bonds is 16. The molecule has 2 aromatic carbocycles. The van der Waals surface area contributed by atoms with Crippen LogP contribution in [0.3, 0.4) is 0 Å². The third-order valence-electron chi connectivity index (χ3n) is 6.06. The Bertz CT molecular complexity index is 1210. The summed E-state index contributed by atoms with van der Waals surface area (Å²) in [4.78, 5) is 25.0. The van der Waals surface area contributed by atoms with Crippen molar-refractivity contribution in [2.45, 2.75) is 56.7 Å². The fraction of sp³-hybridized carbons (Fsp3) is 0.481. The van der Waals surface area contributed by atoms with E-state index >= 15 is 0 Å². The van der Waals surface area contributed by atoms with Gasteiger partial charge in [0.1, 0.15) is 12.4 Å². The first kappa shape index (κ1) is 35.5. The molecule has 0 fully saturated rings. The van der Waals surface area contributed by atoms with Crippen molar-refractivity contribution in [3.8, 4) is 5.75 Å². The van der Waals surface area contributed by atoms with Crippen LogP contribution in [-0.2, 0) is 16.0 Å². The third-order valence-corrected chi connectivity index (χ3v) is 6.06. The SMILES string of the molecule is CCOC(Cc1ccc(OCCN(CCCCC(F)(F)C(F)(F)C(F)(F)F)C(=O)Nc2ccc(F)c(F)c2)cc1)C(=O)O. The van der Waals surface area contributed by atoms with Crippen molar-refractivity contribution >= 4 is 17.7 Å². The van der Waals surface area contributed by atoms with Gasteiger partial charge >= 0.3 is 30.0 Å². The van der Waals surface area contributed by atoms with E-state index in [1.54, 1.807) is 19.1 Å². The topological polar surface area (TPSA) is 88.1 Å². The van der Waals surface area contributed by atoms with E-state index in [9.17, 15) is 54.2 Å². The highest BCUT2D eigenvalue weighted by Gasteiger charge is 2.72. The predicted octanol–water partition coefficient (Wildman–Crippen LogP) is 6.91. The van der Waals surface area contributed by atoms with Crippen molar-refractivity contribution in [3.05, 3.63) is 59.7 Å². The van der Waals surface area contributed by atoms with E-state index in [-0.39, 0.29) is 38.4 Å². The number of amides is 2. The number of urea groups is 1. The van der Waals surface area contributed by atoms with Crippen LogP contribution in [0.4, 0.5) is 50.0 Å². The molecular weight excluding hydrogens is 603 g/mol. The summed E-state index contributed by atoms with van der Waals surface area (Å²) in [5.74, 6) is -14.9. The number of hydrogen-bond donors (Lipinski definition) is 2. The van der Waals surface area contributed by atoms with Crippen LogP contribution in [0, 0.1) is 11.6 Å². The molecule has 2 amide bonds. The molecule has 0 spiro atoms. The van der Waals surface area contributed by atoms with Gasteiger partial charge in [0.25, 0.3) is 0 Å². The van der Waals surface area contributed by atoms with E-state index < -0.39 is 67.0 Å². The highest BCUT2D eigenvalue weighted by atomic mass is 19.4. The maximum Gasteiger partial charge on any atom is 0.459 e. The van der Waals surface area contributed by atoms with Crippen LogP contribution >= 0.6 is 0 Å². The zero-order valence-corrected chi connectivity index (χ0v) is 22.7. The molecule has 0 aliphatic carbocycles. The zero-order valence-electron chi connectivity index (χ0n) is 22.7. The van der Waals surface area contributed by atoms with Crippen molar-refractivity contribution in [1.82, 2.24) is 4.90 Å². The number of halogens is 9. The summed E-state index contributed by atoms with van der Waals surface area (Å²) < 4.78 is 128. The van der Waals surface area contributed by atoms with Crippen LogP contribution in [0.25, 0.3) is 0 Å². The van der Waals surface area contributed by atoms with Gasteiger partial charge in [0.05, 0.1) is 6.54 Å². The van der Waals surface area contributed by atoms with Gasteiger partial charge in [-0.2, -0.15) is 30.7 Å². The second kappa shape index (κ2) is 15.2. The number of alkyl halides is 7. The number of carboxylic acids is 1. The highest BCUT2D eigenvalue weighted by Crippen LogP contribution is 2.48. The summed E-state index contributed by atoms with van der Waals surface area (Å²) in [5, 5.41) is 11.5. The Morgan fingerprint density at radius 1 is 0.930 bits per heavy atom. The van der Waals surface area contributed by atoms with Crippen LogP contribution in [0.1, 0.15) is 31.7 Å². The third kappa shape index (κ3) is 10.2. The Morgan fingerprint density at radius 2 is 1.58 bits per heavy atom. The highest BCUT2D eigenvalue weighted by molar-refractivity contribution is 5.89. The van der Waals surface area contributed by atoms with Crippen molar-refractivity contribution in [2.75, 3.05) is 31.6 Å². The van der Waals surface area contributed by atoms with Gasteiger partial charge in [-0.3, -0.25) is 0 Å². The number of anilines is 1. The number of aliphatic carboxylic acids is 1. The van der Waals surface area contributed by atoms with E-state index in [4.69, 9.17) is 9.47 Å². The second-order valence-electron chi connectivity index (χ2n) is 9.26. The van der Waals surface area contributed by atoms with Crippen LogP contribution in [0.2, 0.25) is 0 Å². The maximum absolute atomic E-state index is 13.6. The number of unbranched alkanes of at least 4 members (excludes halogenated alkanes) is 1. The van der Waals surface area contributed by atoms with Gasteiger partial charge < -0.3 is 24.8 Å². The molecule has 0 radical (unpaired) electrons. The zero-order chi connectivity index (χ0) is 32.4. The van der Waals surface area contributed by atoms with Gasteiger partial charge in [0.15, 0.2) is 17.7 Å². The van der Waals surface area contributed by atoms with Gasteiger partial charge in [-0.05, 0) is 49.6 Å². The van der Waals surface area contributed by atoms with Crippen molar-refractivity contribution < 1.29 is 63.7 Å². The number of ether oxygens (including phenoxy) is 2. The molecule has 16 heteroatoms. The number of nitrogens with one attached hydrogen (secondary N) is 1. The van der Waals surface area contributed by atoms with Crippen LogP contribution in [0.15, 0.2) is 42.5 Å². The van der Waals surface area contributed by atoms with E-state index in [2.05, 4.69) is 5.32 Å². The minimum Gasteiger partial charge on any atom is -0.492 e.